The lowest BCUT2D eigenvalue weighted by Gasteiger charge is -2.26. The zero-order valence-corrected chi connectivity index (χ0v) is 15.9. The lowest BCUT2D eigenvalue weighted by atomic mass is 9.92. The molecule has 0 bridgehead atoms. The maximum absolute atomic E-state index is 12.3. The Morgan fingerprint density at radius 2 is 1.96 bits per heavy atom. The molecule has 2 aromatic rings. The number of carbonyl (C=O) groups is 1. The molecule has 1 aromatic heterocycles. The number of hydrogen-bond acceptors (Lipinski definition) is 6. The fourth-order valence-electron chi connectivity index (χ4n) is 2.75. The minimum atomic E-state index is -2.86. The van der Waals surface area contributed by atoms with E-state index < -0.39 is 12.7 Å². The average Bonchev–Trinajstić information content (AvgIpc) is 3.10. The fraction of sp³-hybridized carbons (Fsp3) is 0.412. The van der Waals surface area contributed by atoms with Crippen LogP contribution in [-0.4, -0.2) is 36.8 Å². The number of carbonyl (C=O) groups excluding carboxylic acids is 1. The van der Waals surface area contributed by atoms with Gasteiger partial charge in [0.1, 0.15) is 5.75 Å². The van der Waals surface area contributed by atoms with E-state index in [1.54, 1.807) is 17.5 Å². The molecule has 1 aromatic carbocycles. The molecule has 3 N–H and O–H groups in total. The highest BCUT2D eigenvalue weighted by Gasteiger charge is 2.27. The van der Waals surface area contributed by atoms with E-state index >= 15 is 0 Å². The van der Waals surface area contributed by atoms with Crippen LogP contribution in [0.4, 0.5) is 13.9 Å². The molecule has 1 saturated heterocycles. The highest BCUT2D eigenvalue weighted by atomic mass is 35.5. The van der Waals surface area contributed by atoms with Crippen LogP contribution in [0.15, 0.2) is 29.6 Å². The Bertz CT molecular complexity index is 739. The van der Waals surface area contributed by atoms with Gasteiger partial charge in [-0.15, -0.1) is 23.7 Å². The Morgan fingerprint density at radius 1 is 1.30 bits per heavy atom. The third-order valence-electron chi connectivity index (χ3n) is 4.19. The van der Waals surface area contributed by atoms with Crippen molar-refractivity contribution < 1.29 is 23.0 Å². The van der Waals surface area contributed by atoms with E-state index in [9.17, 15) is 13.6 Å². The standard InChI is InChI=1S/C17H19F2N3O3S.ClH/c18-16(19)25-12-3-1-10(2-4-12)13-9-26-17(21-13)22-15(23)14(20)11-5-7-24-8-6-11;/h1-4,9,11,14,16H,5-8,20H2,(H,21,22,23);1H. The maximum atomic E-state index is 12.3. The predicted molar refractivity (Wildman–Crippen MR) is 102 cm³/mol. The van der Waals surface area contributed by atoms with Crippen LogP contribution in [0.25, 0.3) is 11.3 Å². The first kappa shape index (κ1) is 21.5. The second-order valence-corrected chi connectivity index (χ2v) is 6.76. The molecule has 27 heavy (non-hydrogen) atoms. The normalized spacial score (nSPS) is 15.9. The van der Waals surface area contributed by atoms with Gasteiger partial charge in [0.25, 0.3) is 0 Å². The summed E-state index contributed by atoms with van der Waals surface area (Å²) in [5.41, 5.74) is 7.41. The van der Waals surface area contributed by atoms with Crippen LogP contribution in [0.1, 0.15) is 12.8 Å². The molecule has 1 atom stereocenters. The van der Waals surface area contributed by atoms with Crippen LogP contribution < -0.4 is 15.8 Å². The summed E-state index contributed by atoms with van der Waals surface area (Å²) in [5, 5.41) is 4.97. The van der Waals surface area contributed by atoms with Gasteiger partial charge in [-0.3, -0.25) is 4.79 Å². The van der Waals surface area contributed by atoms with Crippen LogP contribution in [0.5, 0.6) is 5.75 Å². The van der Waals surface area contributed by atoms with E-state index in [-0.39, 0.29) is 30.0 Å². The number of amides is 1. The number of thiazole rings is 1. The van der Waals surface area contributed by atoms with E-state index in [1.165, 1.54) is 23.5 Å². The first-order valence-corrected chi connectivity index (χ1v) is 9.06. The maximum Gasteiger partial charge on any atom is 0.387 e. The van der Waals surface area contributed by atoms with Crippen molar-refractivity contribution >= 4 is 34.8 Å². The molecule has 0 aliphatic carbocycles. The zero-order chi connectivity index (χ0) is 18.5. The lowest BCUT2D eigenvalue weighted by Crippen LogP contribution is -2.43. The number of anilines is 1. The second kappa shape index (κ2) is 9.93. The summed E-state index contributed by atoms with van der Waals surface area (Å²) in [7, 11) is 0. The van der Waals surface area contributed by atoms with Gasteiger partial charge in [-0.2, -0.15) is 8.78 Å². The number of aromatic nitrogens is 1. The highest BCUT2D eigenvalue weighted by Crippen LogP contribution is 2.27. The Kier molecular flexibility index (Phi) is 7.91. The number of alkyl halides is 2. The van der Waals surface area contributed by atoms with Crippen molar-refractivity contribution in [3.05, 3.63) is 29.6 Å². The van der Waals surface area contributed by atoms with Gasteiger partial charge in [0.2, 0.25) is 5.91 Å². The Hall–Kier alpha value is -1.81. The van der Waals surface area contributed by atoms with Gasteiger partial charge in [0, 0.05) is 24.2 Å². The summed E-state index contributed by atoms with van der Waals surface area (Å²) in [5.74, 6) is -0.0843. The minimum absolute atomic E-state index is 0. The summed E-state index contributed by atoms with van der Waals surface area (Å²) in [6.07, 6.45) is 1.54. The molecule has 0 spiro atoms. The third-order valence-corrected chi connectivity index (χ3v) is 4.94. The van der Waals surface area contributed by atoms with Crippen LogP contribution in [0, 0.1) is 5.92 Å². The molecule has 1 aliphatic rings. The highest BCUT2D eigenvalue weighted by molar-refractivity contribution is 7.14. The lowest BCUT2D eigenvalue weighted by molar-refractivity contribution is -0.119. The number of hydrogen-bond donors (Lipinski definition) is 2. The average molecular weight is 420 g/mol. The van der Waals surface area contributed by atoms with E-state index in [0.29, 0.717) is 24.0 Å². The Labute approximate surface area is 165 Å². The molecule has 148 valence electrons. The molecule has 1 aliphatic heterocycles. The van der Waals surface area contributed by atoms with Gasteiger partial charge in [0.05, 0.1) is 11.7 Å². The largest absolute Gasteiger partial charge is 0.435 e. The third kappa shape index (κ3) is 5.83. The second-order valence-electron chi connectivity index (χ2n) is 5.91. The number of benzene rings is 1. The molecule has 3 rings (SSSR count). The van der Waals surface area contributed by atoms with E-state index in [2.05, 4.69) is 15.0 Å². The summed E-state index contributed by atoms with van der Waals surface area (Å²) < 4.78 is 34.0. The number of rotatable bonds is 6. The fourth-order valence-corrected chi connectivity index (χ4v) is 3.47. The number of halogens is 3. The van der Waals surface area contributed by atoms with Gasteiger partial charge in [-0.05, 0) is 43.0 Å². The van der Waals surface area contributed by atoms with Crippen LogP contribution in [0.2, 0.25) is 0 Å². The quantitative estimate of drug-likeness (QED) is 0.748. The van der Waals surface area contributed by atoms with Crippen molar-refractivity contribution in [3.63, 3.8) is 0 Å². The van der Waals surface area contributed by atoms with E-state index in [1.807, 2.05) is 0 Å². The van der Waals surface area contributed by atoms with E-state index in [0.717, 1.165) is 18.4 Å². The summed E-state index contributed by atoms with van der Waals surface area (Å²) in [6.45, 7) is -1.61. The first-order chi connectivity index (χ1) is 12.5. The van der Waals surface area contributed by atoms with Crippen LogP contribution >= 0.6 is 23.7 Å². The molecule has 2 heterocycles. The molecule has 6 nitrogen and oxygen atoms in total. The molecule has 1 amide bonds. The smallest absolute Gasteiger partial charge is 0.387 e. The molecule has 0 saturated carbocycles. The SMILES string of the molecule is Cl.NC(C(=O)Nc1nc(-c2ccc(OC(F)F)cc2)cs1)C1CCOCC1. The summed E-state index contributed by atoms with van der Waals surface area (Å²) in [4.78, 5) is 16.7. The minimum Gasteiger partial charge on any atom is -0.435 e. The number of nitrogens with one attached hydrogen (secondary N) is 1. The first-order valence-electron chi connectivity index (χ1n) is 8.18. The molecule has 0 radical (unpaired) electrons. The number of nitrogens with zero attached hydrogens (tertiary/aromatic N) is 1. The molecular weight excluding hydrogens is 400 g/mol. The van der Waals surface area contributed by atoms with Gasteiger partial charge < -0.3 is 20.5 Å². The topological polar surface area (TPSA) is 86.5 Å². The van der Waals surface area contributed by atoms with Gasteiger partial charge in [0.15, 0.2) is 5.13 Å². The van der Waals surface area contributed by atoms with Crippen molar-refractivity contribution in [1.29, 1.82) is 0 Å². The van der Waals surface area contributed by atoms with Crippen molar-refractivity contribution in [3.8, 4) is 17.0 Å². The molecular formula is C17H20ClF2N3O3S. The number of nitrogens with two attached hydrogens (primary N) is 1. The monoisotopic (exact) mass is 419 g/mol. The van der Waals surface area contributed by atoms with Crippen LogP contribution in [-0.2, 0) is 9.53 Å². The predicted octanol–water partition coefficient (Wildman–Crippen LogP) is 3.53. The Balaban J connectivity index is 0.00000261. The van der Waals surface area contributed by atoms with Crippen molar-refractivity contribution in [2.45, 2.75) is 25.5 Å². The zero-order valence-electron chi connectivity index (χ0n) is 14.3. The van der Waals surface area contributed by atoms with Gasteiger partial charge in [-0.1, -0.05) is 0 Å². The number of ether oxygens (including phenoxy) is 2. The van der Waals surface area contributed by atoms with Crippen LogP contribution in [0.3, 0.4) is 0 Å². The molecule has 1 unspecified atom stereocenters. The van der Waals surface area contributed by atoms with Gasteiger partial charge >= 0.3 is 6.61 Å². The van der Waals surface area contributed by atoms with E-state index in [4.69, 9.17) is 10.5 Å². The van der Waals surface area contributed by atoms with Crippen molar-refractivity contribution in [1.82, 2.24) is 4.98 Å². The molecule has 1 fully saturated rings. The van der Waals surface area contributed by atoms with Crippen molar-refractivity contribution in [2.75, 3.05) is 18.5 Å². The summed E-state index contributed by atoms with van der Waals surface area (Å²) in [6, 6.07) is 5.55. The molecule has 10 heteroatoms. The van der Waals surface area contributed by atoms with Gasteiger partial charge in [-0.25, -0.2) is 4.98 Å². The summed E-state index contributed by atoms with van der Waals surface area (Å²) >= 11 is 1.28. The van der Waals surface area contributed by atoms with Crippen molar-refractivity contribution in [2.24, 2.45) is 11.7 Å². The Morgan fingerprint density at radius 3 is 2.59 bits per heavy atom.